The third-order valence-electron chi connectivity index (χ3n) is 5.82. The first kappa shape index (κ1) is 22.6. The Kier molecular flexibility index (Phi) is 7.86. The van der Waals surface area contributed by atoms with Gasteiger partial charge in [-0.1, -0.05) is 42.3 Å². The molecule has 3 N–H and O–H groups in total. The smallest absolute Gasteiger partial charge is 0.131 e. The van der Waals surface area contributed by atoms with Gasteiger partial charge in [-0.2, -0.15) is 0 Å². The summed E-state index contributed by atoms with van der Waals surface area (Å²) in [6.45, 7) is 0.928. The minimum Gasteiger partial charge on any atom is -0.396 e. The van der Waals surface area contributed by atoms with Gasteiger partial charge in [-0.15, -0.1) is 22.7 Å². The molecule has 0 radical (unpaired) electrons. The van der Waals surface area contributed by atoms with Crippen molar-refractivity contribution in [1.29, 1.82) is 0 Å². The van der Waals surface area contributed by atoms with Gasteiger partial charge in [-0.25, -0.2) is 4.98 Å². The fourth-order valence-electron chi connectivity index (χ4n) is 4.27. The second-order valence-corrected chi connectivity index (χ2v) is 10.3. The zero-order chi connectivity index (χ0) is 21.6. The average molecular weight is 474 g/mol. The van der Waals surface area contributed by atoms with Gasteiger partial charge in [-0.3, -0.25) is 0 Å². The Bertz CT molecular complexity index is 1070. The van der Waals surface area contributed by atoms with Crippen molar-refractivity contribution in [2.24, 2.45) is 0 Å². The number of unbranched alkanes of at least 4 members (excludes halogenated alkanes) is 1. The first-order chi connectivity index (χ1) is 15.2. The maximum absolute atomic E-state index is 9.12. The second kappa shape index (κ2) is 10.8. The number of aliphatic hydroxyl groups is 1. The predicted molar refractivity (Wildman–Crippen MR) is 134 cm³/mol. The molecule has 0 spiro atoms. The zero-order valence-corrected chi connectivity index (χ0v) is 20.1. The van der Waals surface area contributed by atoms with Crippen molar-refractivity contribution in [2.45, 2.75) is 57.0 Å². The lowest BCUT2D eigenvalue weighted by Crippen LogP contribution is -2.34. The van der Waals surface area contributed by atoms with Crippen LogP contribution in [0.1, 0.15) is 59.8 Å². The Balaban J connectivity index is 1.78. The van der Waals surface area contributed by atoms with E-state index in [-0.39, 0.29) is 6.61 Å². The molecular weight excluding hydrogens is 446 g/mol. The highest BCUT2D eigenvalue weighted by atomic mass is 35.5. The molecule has 0 aromatic carbocycles. The molecule has 0 saturated heterocycles. The number of aromatic nitrogens is 1. The molecular formula is C24H28ClN3OS2. The summed E-state index contributed by atoms with van der Waals surface area (Å²) in [5, 5.41) is 18.8. The molecule has 3 heterocycles. The van der Waals surface area contributed by atoms with E-state index >= 15 is 0 Å². The van der Waals surface area contributed by atoms with Crippen LogP contribution < -0.4 is 10.6 Å². The van der Waals surface area contributed by atoms with Crippen LogP contribution in [-0.2, 0) is 6.54 Å². The summed E-state index contributed by atoms with van der Waals surface area (Å²) in [5.74, 6) is 7.11. The van der Waals surface area contributed by atoms with Gasteiger partial charge in [-0.05, 0) is 37.8 Å². The molecule has 4 nitrogen and oxygen atoms in total. The quantitative estimate of drug-likeness (QED) is 0.224. The van der Waals surface area contributed by atoms with Gasteiger partial charge in [0, 0.05) is 47.4 Å². The maximum Gasteiger partial charge on any atom is 0.131 e. The molecule has 1 fully saturated rings. The van der Waals surface area contributed by atoms with Crippen molar-refractivity contribution in [1.82, 2.24) is 10.3 Å². The number of likely N-dealkylation sites (N-methyl/N-ethyl adjacent to an activating group) is 1. The molecule has 7 heteroatoms. The number of hydrogen-bond donors (Lipinski definition) is 3. The summed E-state index contributed by atoms with van der Waals surface area (Å²) in [6.07, 6.45) is 6.22. The molecule has 0 unspecified atom stereocenters. The highest BCUT2D eigenvalue weighted by Gasteiger charge is 2.30. The summed E-state index contributed by atoms with van der Waals surface area (Å²) >= 11 is 10.0. The van der Waals surface area contributed by atoms with Gasteiger partial charge >= 0.3 is 0 Å². The Morgan fingerprint density at radius 2 is 2.19 bits per heavy atom. The molecule has 0 aliphatic heterocycles. The van der Waals surface area contributed by atoms with E-state index in [0.29, 0.717) is 30.0 Å². The van der Waals surface area contributed by atoms with E-state index in [1.54, 1.807) is 11.3 Å². The summed E-state index contributed by atoms with van der Waals surface area (Å²) < 4.78 is 1.13. The van der Waals surface area contributed by atoms with Crippen molar-refractivity contribution < 1.29 is 5.11 Å². The normalized spacial score (nSPS) is 18.7. The molecule has 0 bridgehead atoms. The number of pyridine rings is 1. The summed E-state index contributed by atoms with van der Waals surface area (Å²) in [7, 11) is 2.06. The number of nitrogens with one attached hydrogen (secondary N) is 2. The van der Waals surface area contributed by atoms with Crippen molar-refractivity contribution in [3.63, 3.8) is 0 Å². The predicted octanol–water partition coefficient (Wildman–Crippen LogP) is 5.99. The largest absolute Gasteiger partial charge is 0.396 e. The lowest BCUT2D eigenvalue weighted by molar-refractivity contribution is 0.290. The highest BCUT2D eigenvalue weighted by Crippen LogP contribution is 2.44. The molecule has 1 aliphatic rings. The Hall–Kier alpha value is -1.62. The molecule has 4 rings (SSSR count). The second-order valence-electron chi connectivity index (χ2n) is 7.86. The minimum absolute atomic E-state index is 0.164. The summed E-state index contributed by atoms with van der Waals surface area (Å²) in [4.78, 5) is 7.31. The first-order valence-corrected chi connectivity index (χ1v) is 12.9. The van der Waals surface area contributed by atoms with E-state index in [9.17, 15) is 0 Å². The lowest BCUT2D eigenvalue weighted by atomic mass is 9.82. The van der Waals surface area contributed by atoms with Gasteiger partial charge in [0.2, 0.25) is 0 Å². The summed E-state index contributed by atoms with van der Waals surface area (Å²) in [6, 6.07) is 6.59. The fraction of sp³-hybridized carbons (Fsp3) is 0.458. The number of hydrogen-bond acceptors (Lipinski definition) is 6. The van der Waals surface area contributed by atoms with Crippen LogP contribution in [0.4, 0.5) is 5.69 Å². The van der Waals surface area contributed by atoms with Crippen molar-refractivity contribution in [3.05, 3.63) is 44.1 Å². The van der Waals surface area contributed by atoms with Crippen LogP contribution in [0.5, 0.6) is 0 Å². The molecule has 31 heavy (non-hydrogen) atoms. The third-order valence-corrected chi connectivity index (χ3v) is 8.23. The van der Waals surface area contributed by atoms with Crippen LogP contribution in [0.2, 0.25) is 5.15 Å². The van der Waals surface area contributed by atoms with Gasteiger partial charge < -0.3 is 15.7 Å². The number of fused-ring (bicyclic) bond motifs is 1. The van der Waals surface area contributed by atoms with Crippen molar-refractivity contribution in [3.8, 4) is 11.8 Å². The molecule has 2 atom stereocenters. The topological polar surface area (TPSA) is 57.2 Å². The number of rotatable bonds is 7. The Labute approximate surface area is 197 Å². The highest BCUT2D eigenvalue weighted by molar-refractivity contribution is 7.20. The van der Waals surface area contributed by atoms with Crippen molar-refractivity contribution in [2.75, 3.05) is 19.0 Å². The van der Waals surface area contributed by atoms with Crippen LogP contribution in [0, 0.1) is 11.8 Å². The monoisotopic (exact) mass is 473 g/mol. The molecule has 3 aromatic heterocycles. The number of aliphatic hydroxyl groups excluding tert-OH is 1. The molecule has 164 valence electrons. The van der Waals surface area contributed by atoms with Crippen molar-refractivity contribution >= 4 is 50.2 Å². The van der Waals surface area contributed by atoms with Gasteiger partial charge in [0.25, 0.3) is 0 Å². The van der Waals surface area contributed by atoms with E-state index in [4.69, 9.17) is 21.7 Å². The van der Waals surface area contributed by atoms with Gasteiger partial charge in [0.1, 0.15) is 10.7 Å². The van der Waals surface area contributed by atoms with Crippen LogP contribution in [0.25, 0.3) is 10.2 Å². The lowest BCUT2D eigenvalue weighted by Gasteiger charge is -2.31. The Morgan fingerprint density at radius 3 is 2.97 bits per heavy atom. The number of nitrogens with zero attached hydrogens (tertiary/aromatic N) is 1. The summed E-state index contributed by atoms with van der Waals surface area (Å²) in [5.41, 5.74) is 2.94. The van der Waals surface area contributed by atoms with Crippen LogP contribution in [0.15, 0.2) is 23.6 Å². The fourth-order valence-corrected chi connectivity index (χ4v) is 6.50. The molecule has 0 amide bonds. The Morgan fingerprint density at radius 1 is 1.32 bits per heavy atom. The molecule has 1 saturated carbocycles. The average Bonchev–Trinajstić information content (AvgIpc) is 3.43. The van der Waals surface area contributed by atoms with Crippen LogP contribution in [0.3, 0.4) is 0 Å². The first-order valence-electron chi connectivity index (χ1n) is 10.9. The SMILES string of the molecule is CN[C@H]1CCCC[C@@H]1c1sc2c(NCc3cccs3)cc(Cl)nc2c1C#CCCCO. The molecule has 3 aromatic rings. The van der Waals surface area contributed by atoms with E-state index in [1.165, 1.54) is 29.0 Å². The standard InChI is InChI=1S/C24H28ClN3OS2/c1-26-19-11-5-4-9-17(19)23-18(10-3-2-6-12-29)22-24(31-23)20(14-21(25)28-22)27-15-16-8-7-13-30-16/h7-8,13-14,17,19,26,29H,2,4-6,9,11-12,15H2,1H3,(H,27,28)/t17-,19-/m0/s1. The number of halogens is 1. The van der Waals surface area contributed by atoms with Gasteiger partial charge in [0.05, 0.1) is 16.0 Å². The van der Waals surface area contributed by atoms with E-state index in [1.807, 2.05) is 17.4 Å². The van der Waals surface area contributed by atoms with E-state index in [0.717, 1.165) is 34.4 Å². The molecule has 1 aliphatic carbocycles. The maximum atomic E-state index is 9.12. The third kappa shape index (κ3) is 5.24. The van der Waals surface area contributed by atoms with Gasteiger partial charge in [0.15, 0.2) is 0 Å². The van der Waals surface area contributed by atoms with Crippen LogP contribution >= 0.6 is 34.3 Å². The van der Waals surface area contributed by atoms with Crippen LogP contribution in [-0.4, -0.2) is 29.8 Å². The van der Waals surface area contributed by atoms with E-state index in [2.05, 4.69) is 47.0 Å². The minimum atomic E-state index is 0.164. The zero-order valence-electron chi connectivity index (χ0n) is 17.7. The number of thiophene rings is 2. The number of anilines is 1. The van der Waals surface area contributed by atoms with E-state index < -0.39 is 0 Å².